The van der Waals surface area contributed by atoms with E-state index in [0.29, 0.717) is 24.3 Å². The molecule has 1 saturated heterocycles. The second-order valence-corrected chi connectivity index (χ2v) is 8.53. The molecule has 9 nitrogen and oxygen atoms in total. The smallest absolute Gasteiger partial charge is 0.365 e. The van der Waals surface area contributed by atoms with Crippen molar-refractivity contribution in [3.8, 4) is 11.1 Å². The van der Waals surface area contributed by atoms with Crippen LogP contribution in [0.1, 0.15) is 6.92 Å². The number of aromatic nitrogens is 1. The molecule has 1 aliphatic rings. The van der Waals surface area contributed by atoms with Crippen molar-refractivity contribution in [2.24, 2.45) is 0 Å². The molecule has 28 heavy (non-hydrogen) atoms. The lowest BCUT2D eigenvalue weighted by atomic mass is 10.1. The SMILES string of the molecule is CC(=O)NCn1cc(-c2ccc(N3CCN(S(C)(=O)=O)CC3)c(F)c2)c(=O)o1. The summed E-state index contributed by atoms with van der Waals surface area (Å²) in [6, 6.07) is 4.41. The Bertz CT molecular complexity index is 1040. The first-order chi connectivity index (χ1) is 13.1. The monoisotopic (exact) mass is 412 g/mol. The quantitative estimate of drug-likeness (QED) is 0.763. The zero-order valence-electron chi connectivity index (χ0n) is 15.5. The van der Waals surface area contributed by atoms with Gasteiger partial charge in [-0.25, -0.2) is 17.6 Å². The number of benzene rings is 1. The molecule has 1 fully saturated rings. The van der Waals surface area contributed by atoms with Gasteiger partial charge in [0.1, 0.15) is 12.5 Å². The number of anilines is 1. The standard InChI is InChI=1S/C17H21FN4O5S/c1-12(23)19-11-21-10-14(17(24)27-21)13-3-4-16(15(18)9-13)20-5-7-22(8-6-20)28(2,25)26/h3-4,9-10H,5-8,11H2,1-2H3,(H,19,23). The van der Waals surface area contributed by atoms with Gasteiger partial charge in [-0.1, -0.05) is 6.07 Å². The molecule has 1 aromatic heterocycles. The molecule has 1 aliphatic heterocycles. The van der Waals surface area contributed by atoms with E-state index in [1.165, 1.54) is 23.5 Å². The van der Waals surface area contributed by atoms with Gasteiger partial charge < -0.3 is 14.7 Å². The van der Waals surface area contributed by atoms with Gasteiger partial charge in [-0.3, -0.25) is 4.79 Å². The van der Waals surface area contributed by atoms with Crippen molar-refractivity contribution < 1.29 is 22.1 Å². The Morgan fingerprint density at radius 3 is 2.50 bits per heavy atom. The third kappa shape index (κ3) is 4.42. The topological polar surface area (TPSA) is 105 Å². The van der Waals surface area contributed by atoms with E-state index in [-0.39, 0.29) is 31.2 Å². The maximum Gasteiger partial charge on any atom is 0.365 e. The lowest BCUT2D eigenvalue weighted by Gasteiger charge is -2.34. The van der Waals surface area contributed by atoms with Gasteiger partial charge in [-0.15, -0.1) is 0 Å². The van der Waals surface area contributed by atoms with Gasteiger partial charge in [0.25, 0.3) is 0 Å². The van der Waals surface area contributed by atoms with E-state index in [1.807, 2.05) is 0 Å². The normalized spacial score (nSPS) is 15.6. The molecule has 0 atom stereocenters. The van der Waals surface area contributed by atoms with Gasteiger partial charge in [0.05, 0.1) is 23.7 Å². The predicted molar refractivity (Wildman–Crippen MR) is 101 cm³/mol. The van der Waals surface area contributed by atoms with Crippen LogP contribution in [0.2, 0.25) is 0 Å². The summed E-state index contributed by atoms with van der Waals surface area (Å²) in [7, 11) is -3.26. The minimum absolute atomic E-state index is 0.00421. The van der Waals surface area contributed by atoms with E-state index in [4.69, 9.17) is 4.52 Å². The molecule has 1 N–H and O–H groups in total. The number of amides is 1. The van der Waals surface area contributed by atoms with Crippen LogP contribution in [-0.2, 0) is 21.5 Å². The van der Waals surface area contributed by atoms with E-state index < -0.39 is 21.5 Å². The Balaban J connectivity index is 1.76. The number of halogens is 1. The van der Waals surface area contributed by atoms with Gasteiger partial charge in [-0.05, 0) is 17.7 Å². The van der Waals surface area contributed by atoms with Gasteiger partial charge in [0.2, 0.25) is 15.9 Å². The van der Waals surface area contributed by atoms with E-state index in [0.717, 1.165) is 11.0 Å². The molecule has 11 heteroatoms. The van der Waals surface area contributed by atoms with Crippen molar-refractivity contribution in [3.63, 3.8) is 0 Å². The molecule has 152 valence electrons. The minimum atomic E-state index is -3.26. The summed E-state index contributed by atoms with van der Waals surface area (Å²) in [6.45, 7) is 2.66. The highest BCUT2D eigenvalue weighted by Gasteiger charge is 2.25. The predicted octanol–water partition coefficient (Wildman–Crippen LogP) is 0.423. The van der Waals surface area contributed by atoms with Crippen molar-refractivity contribution >= 4 is 21.6 Å². The molecule has 0 unspecified atom stereocenters. The first-order valence-electron chi connectivity index (χ1n) is 8.60. The van der Waals surface area contributed by atoms with Crippen molar-refractivity contribution in [1.29, 1.82) is 0 Å². The number of nitrogens with one attached hydrogen (secondary N) is 1. The average molecular weight is 412 g/mol. The summed E-state index contributed by atoms with van der Waals surface area (Å²) in [5.74, 6) is -0.788. The number of piperazine rings is 1. The number of rotatable bonds is 5. The average Bonchev–Trinajstić information content (AvgIpc) is 3.00. The first-order valence-corrected chi connectivity index (χ1v) is 10.4. The van der Waals surface area contributed by atoms with E-state index in [9.17, 15) is 22.4 Å². The lowest BCUT2D eigenvalue weighted by molar-refractivity contribution is -0.119. The first kappa shape index (κ1) is 20.1. The van der Waals surface area contributed by atoms with Crippen LogP contribution in [0.5, 0.6) is 0 Å². The van der Waals surface area contributed by atoms with Crippen molar-refractivity contribution in [1.82, 2.24) is 14.4 Å². The summed E-state index contributed by atoms with van der Waals surface area (Å²) in [4.78, 5) is 24.7. The fourth-order valence-corrected chi connectivity index (χ4v) is 3.86. The highest BCUT2D eigenvalue weighted by Crippen LogP contribution is 2.26. The Morgan fingerprint density at radius 2 is 1.93 bits per heavy atom. The molecular formula is C17H21FN4O5S. The van der Waals surface area contributed by atoms with E-state index >= 15 is 0 Å². The molecule has 1 aromatic carbocycles. The van der Waals surface area contributed by atoms with Crippen LogP contribution in [0.15, 0.2) is 33.7 Å². The number of sulfonamides is 1. The summed E-state index contributed by atoms with van der Waals surface area (Å²) in [5, 5.41) is 2.50. The second kappa shape index (κ2) is 7.76. The summed E-state index contributed by atoms with van der Waals surface area (Å²) >= 11 is 0. The second-order valence-electron chi connectivity index (χ2n) is 6.54. The molecule has 0 bridgehead atoms. The third-order valence-electron chi connectivity index (χ3n) is 4.48. The van der Waals surface area contributed by atoms with Crippen LogP contribution in [-0.4, -0.2) is 55.8 Å². The molecule has 0 aliphatic carbocycles. The summed E-state index contributed by atoms with van der Waals surface area (Å²) in [5.41, 5.74) is 0.238. The molecule has 0 saturated carbocycles. The Labute approximate surface area is 161 Å². The van der Waals surface area contributed by atoms with Crippen LogP contribution in [0.25, 0.3) is 11.1 Å². The molecule has 3 rings (SSSR count). The Hall–Kier alpha value is -2.66. The molecule has 2 aromatic rings. The molecule has 0 spiro atoms. The number of carbonyl (C=O) groups excluding carboxylic acids is 1. The minimum Gasteiger partial charge on any atom is -0.367 e. The van der Waals surface area contributed by atoms with Crippen LogP contribution in [0.4, 0.5) is 10.1 Å². The Kier molecular flexibility index (Phi) is 5.57. The van der Waals surface area contributed by atoms with Crippen molar-refractivity contribution in [2.75, 3.05) is 37.3 Å². The molecular weight excluding hydrogens is 391 g/mol. The van der Waals surface area contributed by atoms with Crippen LogP contribution in [0.3, 0.4) is 0 Å². The van der Waals surface area contributed by atoms with Crippen molar-refractivity contribution in [2.45, 2.75) is 13.6 Å². The van der Waals surface area contributed by atoms with E-state index in [2.05, 4.69) is 5.32 Å². The lowest BCUT2D eigenvalue weighted by Crippen LogP contribution is -2.48. The summed E-state index contributed by atoms with van der Waals surface area (Å²) < 4.78 is 45.4. The van der Waals surface area contributed by atoms with Gasteiger partial charge in [0.15, 0.2) is 0 Å². The fourth-order valence-electron chi connectivity index (χ4n) is 3.03. The highest BCUT2D eigenvalue weighted by atomic mass is 32.2. The van der Waals surface area contributed by atoms with Gasteiger partial charge >= 0.3 is 5.63 Å². The molecule has 1 amide bonds. The number of hydrogen-bond acceptors (Lipinski definition) is 6. The zero-order chi connectivity index (χ0) is 20.5. The van der Waals surface area contributed by atoms with Gasteiger partial charge in [-0.2, -0.15) is 9.05 Å². The van der Waals surface area contributed by atoms with Crippen molar-refractivity contribution in [3.05, 3.63) is 40.6 Å². The summed E-state index contributed by atoms with van der Waals surface area (Å²) in [6.07, 6.45) is 2.55. The number of carbonyl (C=O) groups is 1. The van der Waals surface area contributed by atoms with Crippen LogP contribution >= 0.6 is 0 Å². The Morgan fingerprint density at radius 1 is 1.25 bits per heavy atom. The van der Waals surface area contributed by atoms with Crippen LogP contribution < -0.4 is 15.8 Å². The number of hydrogen-bond donors (Lipinski definition) is 1. The third-order valence-corrected chi connectivity index (χ3v) is 5.79. The fraction of sp³-hybridized carbons (Fsp3) is 0.412. The maximum absolute atomic E-state index is 14.7. The number of nitrogens with zero attached hydrogens (tertiary/aromatic N) is 3. The zero-order valence-corrected chi connectivity index (χ0v) is 16.3. The molecule has 2 heterocycles. The van der Waals surface area contributed by atoms with E-state index in [1.54, 1.807) is 17.0 Å². The van der Waals surface area contributed by atoms with Crippen LogP contribution in [0, 0.1) is 5.82 Å². The molecule has 0 radical (unpaired) electrons. The maximum atomic E-state index is 14.7. The largest absolute Gasteiger partial charge is 0.367 e. The highest BCUT2D eigenvalue weighted by molar-refractivity contribution is 7.88. The van der Waals surface area contributed by atoms with Gasteiger partial charge in [0, 0.05) is 33.1 Å².